The minimum Gasteiger partial charge on any atom is -0.466 e. The third-order valence-electron chi connectivity index (χ3n) is 6.01. The highest BCUT2D eigenvalue weighted by Crippen LogP contribution is 2.34. The largest absolute Gasteiger partial charge is 0.466 e. The number of esters is 1. The Hall–Kier alpha value is -3.10. The lowest BCUT2D eigenvalue weighted by Gasteiger charge is -2.18. The second-order valence-electron chi connectivity index (χ2n) is 8.53. The van der Waals surface area contributed by atoms with Crippen molar-refractivity contribution in [2.75, 3.05) is 6.61 Å². The number of nitrogens with zero attached hydrogens (tertiary/aromatic N) is 4. The number of pyridine rings is 2. The first kappa shape index (κ1) is 26.0. The minimum atomic E-state index is -0.151. The first-order chi connectivity index (χ1) is 17.6. The van der Waals surface area contributed by atoms with Gasteiger partial charge in [-0.1, -0.05) is 13.0 Å². The number of unbranched alkanes of at least 4 members (excludes halogenated alkanes) is 1. The molecule has 0 aliphatic carbocycles. The highest BCUT2D eigenvalue weighted by atomic mass is 79.9. The fourth-order valence-corrected chi connectivity index (χ4v) is 4.70. The molecule has 0 saturated heterocycles. The van der Waals surface area contributed by atoms with Crippen LogP contribution in [0.25, 0.3) is 16.6 Å². The molecule has 0 aliphatic rings. The average Bonchev–Trinajstić information content (AvgIpc) is 3.29. The van der Waals surface area contributed by atoms with Gasteiger partial charge in [-0.25, -0.2) is 4.52 Å². The summed E-state index contributed by atoms with van der Waals surface area (Å²) in [6.45, 7) is 5.19. The van der Waals surface area contributed by atoms with Crippen molar-refractivity contribution in [1.82, 2.24) is 19.6 Å². The summed E-state index contributed by atoms with van der Waals surface area (Å²) in [5, 5.41) is 5.04. The van der Waals surface area contributed by atoms with Gasteiger partial charge < -0.3 is 9.47 Å². The van der Waals surface area contributed by atoms with Gasteiger partial charge in [0.05, 0.1) is 31.0 Å². The van der Waals surface area contributed by atoms with Crippen LogP contribution in [-0.2, 0) is 40.3 Å². The number of fused-ring (bicyclic) bond motifs is 1. The molecular weight excluding hydrogens is 520 g/mol. The van der Waals surface area contributed by atoms with E-state index in [-0.39, 0.29) is 5.97 Å². The maximum Gasteiger partial charge on any atom is 0.305 e. The molecule has 0 bridgehead atoms. The van der Waals surface area contributed by atoms with Crippen LogP contribution >= 0.6 is 15.9 Å². The maximum atomic E-state index is 11.9. The van der Waals surface area contributed by atoms with Crippen LogP contribution in [0.5, 0.6) is 0 Å². The SMILES string of the molecule is CCOC(=O)CCCCc1c(COCc2cccnc2)nn2c(CC)ccc2c1-c1cncc(Br)c1. The Labute approximate surface area is 220 Å². The van der Waals surface area contributed by atoms with E-state index in [1.165, 1.54) is 0 Å². The molecule has 4 aromatic heterocycles. The van der Waals surface area contributed by atoms with E-state index >= 15 is 0 Å². The molecule has 7 nitrogen and oxygen atoms in total. The van der Waals surface area contributed by atoms with Crippen molar-refractivity contribution in [2.45, 2.75) is 59.2 Å². The molecule has 0 atom stereocenters. The Kier molecular flexibility index (Phi) is 9.19. The molecule has 36 heavy (non-hydrogen) atoms. The number of aryl methyl sites for hydroxylation is 1. The van der Waals surface area contributed by atoms with Crippen LogP contribution in [0.4, 0.5) is 0 Å². The fraction of sp³-hybridized carbons (Fsp3) is 0.357. The van der Waals surface area contributed by atoms with Crippen LogP contribution < -0.4 is 0 Å². The first-order valence-electron chi connectivity index (χ1n) is 12.4. The molecule has 8 heteroatoms. The standard InChI is InChI=1S/C28H31BrN4O3/c1-3-23-11-12-26-28(21-14-22(29)17-31-16-21)24(9-5-6-10-27(34)36-4-2)25(32-33(23)26)19-35-18-20-8-7-13-30-15-20/h7-8,11-17H,3-6,9-10,18-19H2,1-2H3. The van der Waals surface area contributed by atoms with Gasteiger partial charge in [-0.15, -0.1) is 0 Å². The molecule has 0 radical (unpaired) electrons. The Morgan fingerprint density at radius 3 is 2.69 bits per heavy atom. The van der Waals surface area contributed by atoms with Crippen LogP contribution in [0.1, 0.15) is 55.6 Å². The second kappa shape index (κ2) is 12.7. The highest BCUT2D eigenvalue weighted by molar-refractivity contribution is 9.10. The van der Waals surface area contributed by atoms with Gasteiger partial charge in [-0.05, 0) is 83.9 Å². The summed E-state index contributed by atoms with van der Waals surface area (Å²) >= 11 is 3.58. The monoisotopic (exact) mass is 550 g/mol. The van der Waals surface area contributed by atoms with E-state index in [4.69, 9.17) is 14.6 Å². The molecule has 4 aromatic rings. The van der Waals surface area contributed by atoms with Crippen molar-refractivity contribution in [2.24, 2.45) is 0 Å². The number of carbonyl (C=O) groups excluding carboxylic acids is 1. The molecule has 0 spiro atoms. The van der Waals surface area contributed by atoms with Crippen LogP contribution in [0, 0.1) is 0 Å². The zero-order valence-corrected chi connectivity index (χ0v) is 22.3. The minimum absolute atomic E-state index is 0.151. The summed E-state index contributed by atoms with van der Waals surface area (Å²) in [7, 11) is 0. The molecule has 0 fully saturated rings. The smallest absolute Gasteiger partial charge is 0.305 e. The lowest BCUT2D eigenvalue weighted by atomic mass is 9.95. The van der Waals surface area contributed by atoms with Crippen LogP contribution in [-0.4, -0.2) is 32.2 Å². The average molecular weight is 551 g/mol. The quantitative estimate of drug-likeness (QED) is 0.156. The molecule has 0 saturated carbocycles. The second-order valence-corrected chi connectivity index (χ2v) is 9.45. The topological polar surface area (TPSA) is 78.6 Å². The molecule has 0 amide bonds. The van der Waals surface area contributed by atoms with Gasteiger partial charge in [0.2, 0.25) is 0 Å². The number of carbonyl (C=O) groups is 1. The van der Waals surface area contributed by atoms with Gasteiger partial charge in [-0.2, -0.15) is 5.10 Å². The van der Waals surface area contributed by atoms with Crippen molar-refractivity contribution in [3.05, 3.63) is 82.1 Å². The molecule has 0 N–H and O–H groups in total. The lowest BCUT2D eigenvalue weighted by molar-refractivity contribution is -0.143. The summed E-state index contributed by atoms with van der Waals surface area (Å²) in [4.78, 5) is 20.5. The number of aromatic nitrogens is 4. The van der Waals surface area contributed by atoms with Crippen molar-refractivity contribution < 1.29 is 14.3 Å². The molecule has 0 unspecified atom stereocenters. The van der Waals surface area contributed by atoms with Crippen molar-refractivity contribution in [1.29, 1.82) is 0 Å². The fourth-order valence-electron chi connectivity index (χ4n) is 4.34. The molecule has 0 aromatic carbocycles. The summed E-state index contributed by atoms with van der Waals surface area (Å²) in [6.07, 6.45) is 10.9. The van der Waals surface area contributed by atoms with E-state index in [9.17, 15) is 4.79 Å². The van der Waals surface area contributed by atoms with E-state index in [1.807, 2.05) is 36.0 Å². The number of hydrogen-bond acceptors (Lipinski definition) is 6. The Morgan fingerprint density at radius 2 is 1.94 bits per heavy atom. The molecule has 0 aliphatic heterocycles. The van der Waals surface area contributed by atoms with Crippen molar-refractivity contribution in [3.63, 3.8) is 0 Å². The van der Waals surface area contributed by atoms with Gasteiger partial charge >= 0.3 is 5.97 Å². The summed E-state index contributed by atoms with van der Waals surface area (Å²) < 4.78 is 14.2. The number of halogens is 1. The van der Waals surface area contributed by atoms with E-state index in [0.29, 0.717) is 26.2 Å². The Bertz CT molecular complexity index is 1310. The van der Waals surface area contributed by atoms with E-state index in [0.717, 1.165) is 69.3 Å². The number of rotatable bonds is 12. The van der Waals surface area contributed by atoms with Crippen molar-refractivity contribution >= 4 is 27.4 Å². The number of ether oxygens (including phenoxy) is 2. The zero-order valence-electron chi connectivity index (χ0n) is 20.7. The number of hydrogen-bond donors (Lipinski definition) is 0. The summed E-state index contributed by atoms with van der Waals surface area (Å²) in [6, 6.07) is 10.2. The van der Waals surface area contributed by atoms with Gasteiger partial charge in [-0.3, -0.25) is 14.8 Å². The zero-order chi connectivity index (χ0) is 25.3. The third-order valence-corrected chi connectivity index (χ3v) is 6.44. The first-order valence-corrected chi connectivity index (χ1v) is 13.2. The van der Waals surface area contributed by atoms with E-state index in [1.54, 1.807) is 12.4 Å². The van der Waals surface area contributed by atoms with Gasteiger partial charge in [0, 0.05) is 52.5 Å². The van der Waals surface area contributed by atoms with Crippen LogP contribution in [0.15, 0.2) is 59.6 Å². The predicted molar refractivity (Wildman–Crippen MR) is 142 cm³/mol. The van der Waals surface area contributed by atoms with E-state index < -0.39 is 0 Å². The van der Waals surface area contributed by atoms with E-state index in [2.05, 4.69) is 51.0 Å². The van der Waals surface area contributed by atoms with Gasteiger partial charge in [0.1, 0.15) is 0 Å². The normalized spacial score (nSPS) is 11.2. The van der Waals surface area contributed by atoms with Gasteiger partial charge in [0.25, 0.3) is 0 Å². The summed E-state index contributed by atoms with van der Waals surface area (Å²) in [5.41, 5.74) is 7.34. The molecule has 4 rings (SSSR count). The molecule has 4 heterocycles. The Balaban J connectivity index is 1.71. The van der Waals surface area contributed by atoms with Crippen molar-refractivity contribution in [3.8, 4) is 11.1 Å². The van der Waals surface area contributed by atoms with Crippen LogP contribution in [0.3, 0.4) is 0 Å². The third kappa shape index (κ3) is 6.36. The molecule has 188 valence electrons. The van der Waals surface area contributed by atoms with Gasteiger partial charge in [0.15, 0.2) is 0 Å². The highest BCUT2D eigenvalue weighted by Gasteiger charge is 2.19. The molecular formula is C28H31BrN4O3. The van der Waals surface area contributed by atoms with Crippen LogP contribution in [0.2, 0.25) is 0 Å². The summed E-state index contributed by atoms with van der Waals surface area (Å²) in [5.74, 6) is -0.151. The predicted octanol–water partition coefficient (Wildman–Crippen LogP) is 6.11. The maximum absolute atomic E-state index is 11.9. The Morgan fingerprint density at radius 1 is 1.06 bits per heavy atom. The lowest BCUT2D eigenvalue weighted by Crippen LogP contribution is -2.11.